The number of amides is 1. The molecule has 1 aliphatic carbocycles. The molecule has 1 atom stereocenters. The standard InChI is InChI=1S/C14H22N4OS/c1-4-8-15-13(19)10(3)20-14-17-16-12(11-6-7-11)18(14)9-5-2/h5,10-11H,2,4,6-9H2,1,3H3,(H,15,19). The minimum absolute atomic E-state index is 0.0537. The van der Waals surface area contributed by atoms with Crippen LogP contribution in [-0.4, -0.2) is 32.5 Å². The summed E-state index contributed by atoms with van der Waals surface area (Å²) in [6.45, 7) is 9.15. The van der Waals surface area contributed by atoms with E-state index < -0.39 is 0 Å². The van der Waals surface area contributed by atoms with Gasteiger partial charge in [0.05, 0.1) is 5.25 Å². The third-order valence-electron chi connectivity index (χ3n) is 3.20. The quantitative estimate of drug-likeness (QED) is 0.590. The van der Waals surface area contributed by atoms with Crippen LogP contribution in [0.15, 0.2) is 17.8 Å². The Morgan fingerprint density at radius 1 is 1.60 bits per heavy atom. The molecule has 0 aliphatic heterocycles. The van der Waals surface area contributed by atoms with Gasteiger partial charge in [-0.2, -0.15) is 0 Å². The molecule has 20 heavy (non-hydrogen) atoms. The normalized spacial score (nSPS) is 15.9. The van der Waals surface area contributed by atoms with Crippen molar-refractivity contribution < 1.29 is 4.79 Å². The molecule has 6 heteroatoms. The molecular weight excluding hydrogens is 272 g/mol. The number of rotatable bonds is 8. The number of allylic oxidation sites excluding steroid dienone is 1. The molecule has 1 saturated carbocycles. The lowest BCUT2D eigenvalue weighted by molar-refractivity contribution is -0.120. The molecule has 2 rings (SSSR count). The Hall–Kier alpha value is -1.30. The maximum Gasteiger partial charge on any atom is 0.233 e. The molecule has 1 N–H and O–H groups in total. The number of carbonyl (C=O) groups excluding carboxylic acids is 1. The Morgan fingerprint density at radius 3 is 2.95 bits per heavy atom. The Balaban J connectivity index is 2.04. The van der Waals surface area contributed by atoms with E-state index in [-0.39, 0.29) is 11.2 Å². The number of nitrogens with one attached hydrogen (secondary N) is 1. The summed E-state index contributed by atoms with van der Waals surface area (Å²) >= 11 is 1.46. The molecule has 0 spiro atoms. The summed E-state index contributed by atoms with van der Waals surface area (Å²) in [7, 11) is 0. The fourth-order valence-electron chi connectivity index (χ4n) is 1.94. The monoisotopic (exact) mass is 294 g/mol. The fraction of sp³-hybridized carbons (Fsp3) is 0.643. The minimum Gasteiger partial charge on any atom is -0.355 e. The third-order valence-corrected chi connectivity index (χ3v) is 4.28. The molecule has 110 valence electrons. The van der Waals surface area contributed by atoms with Gasteiger partial charge in [0.1, 0.15) is 5.82 Å². The van der Waals surface area contributed by atoms with E-state index in [0.29, 0.717) is 12.5 Å². The Kier molecular flexibility index (Phi) is 5.23. The zero-order valence-corrected chi connectivity index (χ0v) is 12.9. The van der Waals surface area contributed by atoms with Crippen molar-refractivity contribution in [3.05, 3.63) is 18.5 Å². The average molecular weight is 294 g/mol. The van der Waals surface area contributed by atoms with E-state index in [1.54, 1.807) is 0 Å². The van der Waals surface area contributed by atoms with Crippen LogP contribution in [0.3, 0.4) is 0 Å². The van der Waals surface area contributed by atoms with Gasteiger partial charge in [0.15, 0.2) is 5.16 Å². The number of hydrogen-bond donors (Lipinski definition) is 1. The maximum absolute atomic E-state index is 11.9. The Bertz CT molecular complexity index is 482. The molecular formula is C14H22N4OS. The van der Waals surface area contributed by atoms with Crippen molar-refractivity contribution >= 4 is 17.7 Å². The maximum atomic E-state index is 11.9. The van der Waals surface area contributed by atoms with E-state index in [4.69, 9.17) is 0 Å². The van der Waals surface area contributed by atoms with Crippen molar-refractivity contribution in [2.45, 2.75) is 56.0 Å². The first-order valence-corrected chi connectivity index (χ1v) is 8.03. The first-order valence-electron chi connectivity index (χ1n) is 7.15. The lowest BCUT2D eigenvalue weighted by Gasteiger charge is -2.12. The molecule has 1 unspecified atom stereocenters. The minimum atomic E-state index is -0.165. The number of hydrogen-bond acceptors (Lipinski definition) is 4. The van der Waals surface area contributed by atoms with E-state index >= 15 is 0 Å². The van der Waals surface area contributed by atoms with Crippen LogP contribution < -0.4 is 5.32 Å². The van der Waals surface area contributed by atoms with Crippen molar-refractivity contribution in [1.29, 1.82) is 0 Å². The van der Waals surface area contributed by atoms with Crippen molar-refractivity contribution in [3.8, 4) is 0 Å². The summed E-state index contributed by atoms with van der Waals surface area (Å²) in [4.78, 5) is 11.9. The molecule has 1 amide bonds. The molecule has 0 bridgehead atoms. The highest BCUT2D eigenvalue weighted by atomic mass is 32.2. The fourth-order valence-corrected chi connectivity index (χ4v) is 2.82. The molecule has 5 nitrogen and oxygen atoms in total. The van der Waals surface area contributed by atoms with Crippen molar-refractivity contribution in [3.63, 3.8) is 0 Å². The van der Waals surface area contributed by atoms with Crippen molar-refractivity contribution in [2.75, 3.05) is 6.54 Å². The third kappa shape index (κ3) is 3.62. The highest BCUT2D eigenvalue weighted by Gasteiger charge is 2.30. The van der Waals surface area contributed by atoms with E-state index in [9.17, 15) is 4.79 Å². The molecule has 1 aromatic heterocycles. The van der Waals surface area contributed by atoms with Crippen LogP contribution in [0.25, 0.3) is 0 Å². The molecule has 1 fully saturated rings. The van der Waals surface area contributed by atoms with E-state index in [0.717, 1.165) is 23.9 Å². The van der Waals surface area contributed by atoms with Crippen molar-refractivity contribution in [2.24, 2.45) is 0 Å². The Labute approximate surface area is 124 Å². The predicted molar refractivity (Wildman–Crippen MR) is 80.8 cm³/mol. The van der Waals surface area contributed by atoms with E-state index in [1.807, 2.05) is 19.9 Å². The molecule has 0 aromatic carbocycles. The second-order valence-corrected chi connectivity index (χ2v) is 6.37. The number of nitrogens with zero attached hydrogens (tertiary/aromatic N) is 3. The lowest BCUT2D eigenvalue weighted by atomic mass is 10.4. The molecule has 0 radical (unpaired) electrons. The zero-order valence-electron chi connectivity index (χ0n) is 12.1. The van der Waals surface area contributed by atoms with Gasteiger partial charge in [0.25, 0.3) is 0 Å². The number of aromatic nitrogens is 3. The van der Waals surface area contributed by atoms with Crippen LogP contribution >= 0.6 is 11.8 Å². The summed E-state index contributed by atoms with van der Waals surface area (Å²) in [5, 5.41) is 12.1. The Morgan fingerprint density at radius 2 is 2.35 bits per heavy atom. The van der Waals surface area contributed by atoms with Gasteiger partial charge >= 0.3 is 0 Å². The van der Waals surface area contributed by atoms with Crippen LogP contribution in [0.2, 0.25) is 0 Å². The summed E-state index contributed by atoms with van der Waals surface area (Å²) < 4.78 is 2.08. The van der Waals surface area contributed by atoms with Gasteiger partial charge in [-0.15, -0.1) is 16.8 Å². The van der Waals surface area contributed by atoms with Gasteiger partial charge in [-0.1, -0.05) is 24.8 Å². The smallest absolute Gasteiger partial charge is 0.233 e. The summed E-state index contributed by atoms with van der Waals surface area (Å²) in [6.07, 6.45) is 5.17. The van der Waals surface area contributed by atoms with E-state index in [2.05, 4.69) is 26.7 Å². The number of carbonyl (C=O) groups is 1. The van der Waals surface area contributed by atoms with Crippen LogP contribution in [0.4, 0.5) is 0 Å². The van der Waals surface area contributed by atoms with Gasteiger partial charge in [-0.3, -0.25) is 4.79 Å². The second-order valence-electron chi connectivity index (χ2n) is 5.07. The predicted octanol–water partition coefficient (Wildman–Crippen LogP) is 2.35. The van der Waals surface area contributed by atoms with Gasteiger partial charge in [0.2, 0.25) is 5.91 Å². The van der Waals surface area contributed by atoms with Gasteiger partial charge in [-0.05, 0) is 26.2 Å². The summed E-state index contributed by atoms with van der Waals surface area (Å²) in [5.41, 5.74) is 0. The van der Waals surface area contributed by atoms with Crippen LogP contribution in [-0.2, 0) is 11.3 Å². The lowest BCUT2D eigenvalue weighted by Crippen LogP contribution is -2.31. The molecule has 1 aliphatic rings. The van der Waals surface area contributed by atoms with Gasteiger partial charge in [-0.25, -0.2) is 0 Å². The zero-order chi connectivity index (χ0) is 14.5. The number of thioether (sulfide) groups is 1. The van der Waals surface area contributed by atoms with Gasteiger partial charge in [0, 0.05) is 19.0 Å². The van der Waals surface area contributed by atoms with Crippen LogP contribution in [0.1, 0.15) is 44.9 Å². The first-order chi connectivity index (χ1) is 9.67. The van der Waals surface area contributed by atoms with Gasteiger partial charge < -0.3 is 9.88 Å². The topological polar surface area (TPSA) is 59.8 Å². The van der Waals surface area contributed by atoms with Crippen LogP contribution in [0, 0.1) is 0 Å². The highest BCUT2D eigenvalue weighted by molar-refractivity contribution is 8.00. The average Bonchev–Trinajstić information content (AvgIpc) is 3.21. The summed E-state index contributed by atoms with van der Waals surface area (Å²) in [6, 6.07) is 0. The molecule has 1 aromatic rings. The SMILES string of the molecule is C=CCn1c(SC(C)C(=O)NCCC)nnc1C1CC1. The second kappa shape index (κ2) is 6.92. The largest absolute Gasteiger partial charge is 0.355 e. The van der Waals surface area contributed by atoms with E-state index in [1.165, 1.54) is 24.6 Å². The molecule has 0 saturated heterocycles. The summed E-state index contributed by atoms with van der Waals surface area (Å²) in [5.74, 6) is 1.63. The molecule has 1 heterocycles. The highest BCUT2D eigenvalue weighted by Crippen LogP contribution is 2.40. The van der Waals surface area contributed by atoms with Crippen molar-refractivity contribution in [1.82, 2.24) is 20.1 Å². The van der Waals surface area contributed by atoms with Crippen LogP contribution in [0.5, 0.6) is 0 Å². The first kappa shape index (κ1) is 15.1.